The summed E-state index contributed by atoms with van der Waals surface area (Å²) in [6.07, 6.45) is 6.13. The molecule has 4 nitrogen and oxygen atoms in total. The molecular formula is C13H22N4. The molecule has 1 unspecified atom stereocenters. The monoisotopic (exact) mass is 234 g/mol. The number of nitrogens with two attached hydrogens (primary N) is 1. The molecule has 0 radical (unpaired) electrons. The highest BCUT2D eigenvalue weighted by atomic mass is 15.2. The third kappa shape index (κ3) is 3.23. The van der Waals surface area contributed by atoms with Gasteiger partial charge in [0.05, 0.1) is 11.7 Å². The Labute approximate surface area is 103 Å². The van der Waals surface area contributed by atoms with Crippen molar-refractivity contribution >= 4 is 0 Å². The summed E-state index contributed by atoms with van der Waals surface area (Å²) in [7, 11) is 0. The minimum absolute atomic E-state index is 0.221. The van der Waals surface area contributed by atoms with Crippen LogP contribution >= 0.6 is 0 Å². The Hall–Kier alpha value is -1.00. The van der Waals surface area contributed by atoms with E-state index in [1.807, 2.05) is 6.07 Å². The van der Waals surface area contributed by atoms with E-state index in [2.05, 4.69) is 28.7 Å². The molecule has 0 amide bonds. The van der Waals surface area contributed by atoms with Crippen LogP contribution in [0.3, 0.4) is 0 Å². The quantitative estimate of drug-likeness (QED) is 0.812. The first-order valence-corrected chi connectivity index (χ1v) is 6.44. The molecule has 1 saturated carbocycles. The van der Waals surface area contributed by atoms with Gasteiger partial charge in [0.25, 0.3) is 0 Å². The highest BCUT2D eigenvalue weighted by molar-refractivity contribution is 5.06. The summed E-state index contributed by atoms with van der Waals surface area (Å²) in [5.41, 5.74) is 6.98. The summed E-state index contributed by atoms with van der Waals surface area (Å²) in [5.74, 6) is 0.869. The van der Waals surface area contributed by atoms with Gasteiger partial charge in [-0.25, -0.2) is 9.97 Å². The third-order valence-electron chi connectivity index (χ3n) is 3.40. The van der Waals surface area contributed by atoms with Crippen molar-refractivity contribution in [3.63, 3.8) is 0 Å². The van der Waals surface area contributed by atoms with Crippen molar-refractivity contribution in [2.45, 2.75) is 38.8 Å². The zero-order valence-electron chi connectivity index (χ0n) is 10.7. The van der Waals surface area contributed by atoms with Gasteiger partial charge in [0.2, 0.25) is 0 Å². The van der Waals surface area contributed by atoms with Gasteiger partial charge in [0, 0.05) is 25.3 Å². The Balaban J connectivity index is 2.13. The van der Waals surface area contributed by atoms with E-state index in [0.29, 0.717) is 12.6 Å². The topological polar surface area (TPSA) is 55.0 Å². The molecule has 1 fully saturated rings. The van der Waals surface area contributed by atoms with Crippen molar-refractivity contribution in [2.75, 3.05) is 13.1 Å². The van der Waals surface area contributed by atoms with E-state index in [1.165, 1.54) is 12.8 Å². The van der Waals surface area contributed by atoms with Crippen molar-refractivity contribution in [2.24, 2.45) is 11.7 Å². The van der Waals surface area contributed by atoms with Crippen molar-refractivity contribution in [3.8, 4) is 0 Å². The maximum Gasteiger partial charge on any atom is 0.115 e. The maximum absolute atomic E-state index is 5.94. The lowest BCUT2D eigenvalue weighted by Crippen LogP contribution is -2.40. The van der Waals surface area contributed by atoms with E-state index in [0.717, 1.165) is 18.2 Å². The van der Waals surface area contributed by atoms with Crippen LogP contribution in [0.5, 0.6) is 0 Å². The first-order chi connectivity index (χ1) is 8.22. The summed E-state index contributed by atoms with van der Waals surface area (Å²) < 4.78 is 0. The van der Waals surface area contributed by atoms with Gasteiger partial charge in [-0.3, -0.25) is 4.90 Å². The lowest BCUT2D eigenvalue weighted by atomic mass is 10.1. The molecule has 4 heteroatoms. The van der Waals surface area contributed by atoms with E-state index in [4.69, 9.17) is 5.73 Å². The normalized spacial score (nSPS) is 17.7. The predicted molar refractivity (Wildman–Crippen MR) is 68.4 cm³/mol. The van der Waals surface area contributed by atoms with Crippen LogP contribution in [0.2, 0.25) is 0 Å². The Morgan fingerprint density at radius 2 is 2.24 bits per heavy atom. The summed E-state index contributed by atoms with van der Waals surface area (Å²) >= 11 is 0. The second-order valence-corrected chi connectivity index (χ2v) is 5.12. The minimum Gasteiger partial charge on any atom is -0.329 e. The van der Waals surface area contributed by atoms with Gasteiger partial charge in [-0.15, -0.1) is 0 Å². The first-order valence-electron chi connectivity index (χ1n) is 6.44. The van der Waals surface area contributed by atoms with Crippen LogP contribution in [0.15, 0.2) is 18.6 Å². The molecule has 0 aliphatic heterocycles. The molecule has 1 aromatic rings. The maximum atomic E-state index is 5.94. The molecule has 0 bridgehead atoms. The number of rotatable bonds is 6. The molecule has 94 valence electrons. The van der Waals surface area contributed by atoms with Crippen LogP contribution in [0.1, 0.15) is 38.4 Å². The summed E-state index contributed by atoms with van der Waals surface area (Å²) in [6.45, 7) is 6.21. The van der Waals surface area contributed by atoms with E-state index in [1.54, 1.807) is 12.5 Å². The van der Waals surface area contributed by atoms with Crippen LogP contribution in [-0.4, -0.2) is 34.0 Å². The average molecular weight is 234 g/mol. The molecule has 0 spiro atoms. The standard InChI is InChI=1S/C13H22N4/c1-10(2)17(8-11-3-4-11)13(7-14)12-5-6-15-9-16-12/h5-6,9-11,13H,3-4,7-8,14H2,1-2H3. The van der Waals surface area contributed by atoms with E-state index < -0.39 is 0 Å². The Morgan fingerprint density at radius 3 is 2.71 bits per heavy atom. The third-order valence-corrected chi connectivity index (χ3v) is 3.40. The Kier molecular flexibility index (Phi) is 4.07. The van der Waals surface area contributed by atoms with E-state index >= 15 is 0 Å². The molecule has 2 N–H and O–H groups in total. The smallest absolute Gasteiger partial charge is 0.115 e. The number of hydrogen-bond acceptors (Lipinski definition) is 4. The van der Waals surface area contributed by atoms with Crippen LogP contribution in [0, 0.1) is 5.92 Å². The molecule has 17 heavy (non-hydrogen) atoms. The predicted octanol–water partition coefficient (Wildman–Crippen LogP) is 1.60. The minimum atomic E-state index is 0.221. The molecule has 2 rings (SSSR count). The summed E-state index contributed by atoms with van der Waals surface area (Å²) in [4.78, 5) is 10.8. The molecule has 1 atom stereocenters. The van der Waals surface area contributed by atoms with Crippen LogP contribution in [-0.2, 0) is 0 Å². The van der Waals surface area contributed by atoms with Gasteiger partial charge < -0.3 is 5.73 Å². The zero-order chi connectivity index (χ0) is 12.3. The van der Waals surface area contributed by atoms with Crippen molar-refractivity contribution in [1.29, 1.82) is 0 Å². The fourth-order valence-corrected chi connectivity index (χ4v) is 2.22. The Morgan fingerprint density at radius 1 is 1.47 bits per heavy atom. The SMILES string of the molecule is CC(C)N(CC1CC1)C(CN)c1ccncn1. The van der Waals surface area contributed by atoms with E-state index in [-0.39, 0.29) is 6.04 Å². The molecule has 1 aromatic heterocycles. The van der Waals surface area contributed by atoms with Gasteiger partial charge in [-0.2, -0.15) is 0 Å². The molecule has 1 aliphatic rings. The second-order valence-electron chi connectivity index (χ2n) is 5.12. The fourth-order valence-electron chi connectivity index (χ4n) is 2.22. The molecule has 0 aromatic carbocycles. The summed E-state index contributed by atoms with van der Waals surface area (Å²) in [5, 5.41) is 0. The highest BCUT2D eigenvalue weighted by Crippen LogP contribution is 2.33. The van der Waals surface area contributed by atoms with Gasteiger partial charge in [0.1, 0.15) is 6.33 Å². The van der Waals surface area contributed by atoms with E-state index in [9.17, 15) is 0 Å². The van der Waals surface area contributed by atoms with Crippen molar-refractivity contribution in [1.82, 2.24) is 14.9 Å². The summed E-state index contributed by atoms with van der Waals surface area (Å²) in [6, 6.07) is 2.69. The molecule has 1 aliphatic carbocycles. The lowest BCUT2D eigenvalue weighted by molar-refractivity contribution is 0.146. The van der Waals surface area contributed by atoms with Gasteiger partial charge in [-0.05, 0) is 38.7 Å². The van der Waals surface area contributed by atoms with Gasteiger partial charge >= 0.3 is 0 Å². The Bertz CT molecular complexity index is 335. The van der Waals surface area contributed by atoms with Crippen LogP contribution in [0.25, 0.3) is 0 Å². The van der Waals surface area contributed by atoms with Crippen molar-refractivity contribution < 1.29 is 0 Å². The molecule has 1 heterocycles. The lowest BCUT2D eigenvalue weighted by Gasteiger charge is -2.34. The average Bonchev–Trinajstić information content (AvgIpc) is 3.14. The van der Waals surface area contributed by atoms with Gasteiger partial charge in [-0.1, -0.05) is 0 Å². The van der Waals surface area contributed by atoms with Crippen LogP contribution in [0.4, 0.5) is 0 Å². The number of hydrogen-bond donors (Lipinski definition) is 1. The largest absolute Gasteiger partial charge is 0.329 e. The second kappa shape index (κ2) is 5.56. The van der Waals surface area contributed by atoms with Crippen molar-refractivity contribution in [3.05, 3.63) is 24.3 Å². The highest BCUT2D eigenvalue weighted by Gasteiger charge is 2.30. The fraction of sp³-hybridized carbons (Fsp3) is 0.692. The molecular weight excluding hydrogens is 212 g/mol. The van der Waals surface area contributed by atoms with Crippen LogP contribution < -0.4 is 5.73 Å². The van der Waals surface area contributed by atoms with Gasteiger partial charge in [0.15, 0.2) is 0 Å². The first kappa shape index (κ1) is 12.5. The number of aromatic nitrogens is 2. The molecule has 0 saturated heterocycles. The number of nitrogens with zero attached hydrogens (tertiary/aromatic N) is 3. The zero-order valence-corrected chi connectivity index (χ0v) is 10.7.